The average molecular weight is 429 g/mol. The van der Waals surface area contributed by atoms with Crippen molar-refractivity contribution in [2.75, 3.05) is 18.5 Å². The highest BCUT2D eigenvalue weighted by Gasteiger charge is 2.26. The van der Waals surface area contributed by atoms with Gasteiger partial charge in [0.25, 0.3) is 5.91 Å². The molecule has 0 saturated carbocycles. The Morgan fingerprint density at radius 2 is 1.97 bits per heavy atom. The van der Waals surface area contributed by atoms with E-state index in [9.17, 15) is 19.8 Å². The molecule has 1 aliphatic heterocycles. The molecule has 0 fully saturated rings. The smallest absolute Gasteiger partial charge is 0.341 e. The number of aromatic hydroxyl groups is 1. The summed E-state index contributed by atoms with van der Waals surface area (Å²) in [6, 6.07) is 10.1. The molecular weight excluding hydrogens is 402 g/mol. The Morgan fingerprint density at radius 3 is 2.65 bits per heavy atom. The minimum absolute atomic E-state index is 0.0527. The molecule has 2 aromatic rings. The monoisotopic (exact) mass is 429 g/mol. The molecule has 1 amide bonds. The number of hydrogen-bond acceptors (Lipinski definition) is 6. The number of aliphatic carboxylic acids is 1. The SMILES string of the molecule is CC(C)(CCC(O)c1cc(O)cc2c1OCC(=O)N2)Cc1ccc(OCC(=O)O)cc1. The second-order valence-electron chi connectivity index (χ2n) is 8.47. The Kier molecular flexibility index (Phi) is 6.70. The molecule has 3 rings (SSSR count). The molecule has 1 unspecified atom stereocenters. The Bertz CT molecular complexity index is 953. The third kappa shape index (κ3) is 6.11. The molecule has 0 radical (unpaired) electrons. The number of nitrogens with one attached hydrogen (secondary N) is 1. The fourth-order valence-corrected chi connectivity index (χ4v) is 3.63. The summed E-state index contributed by atoms with van der Waals surface area (Å²) >= 11 is 0. The second-order valence-corrected chi connectivity index (χ2v) is 8.47. The van der Waals surface area contributed by atoms with Crippen molar-refractivity contribution in [2.45, 2.75) is 39.2 Å². The zero-order valence-corrected chi connectivity index (χ0v) is 17.6. The number of phenolic OH excluding ortho intramolecular Hbond substituents is 1. The summed E-state index contributed by atoms with van der Waals surface area (Å²) in [5.41, 5.74) is 1.75. The van der Waals surface area contributed by atoms with Gasteiger partial charge in [0.2, 0.25) is 0 Å². The van der Waals surface area contributed by atoms with Crippen LogP contribution in [0.3, 0.4) is 0 Å². The zero-order chi connectivity index (χ0) is 22.6. The summed E-state index contributed by atoms with van der Waals surface area (Å²) in [7, 11) is 0. The number of rotatable bonds is 9. The van der Waals surface area contributed by atoms with Gasteiger partial charge in [-0.3, -0.25) is 4.79 Å². The lowest BCUT2D eigenvalue weighted by Crippen LogP contribution is -2.26. The number of hydrogen-bond donors (Lipinski definition) is 4. The molecule has 1 aliphatic rings. The maximum absolute atomic E-state index is 11.5. The van der Waals surface area contributed by atoms with Gasteiger partial charge in [-0.2, -0.15) is 0 Å². The largest absolute Gasteiger partial charge is 0.508 e. The van der Waals surface area contributed by atoms with Crippen molar-refractivity contribution in [1.29, 1.82) is 0 Å². The quantitative estimate of drug-likeness (QED) is 0.482. The van der Waals surface area contributed by atoms with Crippen LogP contribution in [0, 0.1) is 5.41 Å². The third-order valence-electron chi connectivity index (χ3n) is 5.15. The molecule has 2 aromatic carbocycles. The predicted molar refractivity (Wildman–Crippen MR) is 113 cm³/mol. The van der Waals surface area contributed by atoms with Gasteiger partial charge in [-0.1, -0.05) is 26.0 Å². The van der Waals surface area contributed by atoms with Gasteiger partial charge in [-0.25, -0.2) is 4.79 Å². The van der Waals surface area contributed by atoms with Gasteiger partial charge in [0.1, 0.15) is 17.2 Å². The van der Waals surface area contributed by atoms with Crippen LogP contribution in [-0.4, -0.2) is 40.4 Å². The van der Waals surface area contributed by atoms with Crippen LogP contribution in [0.25, 0.3) is 0 Å². The number of phenols is 1. The standard InChI is InChI=1S/C23H27NO7/c1-23(2,11-14-3-5-16(6-4-14)30-13-21(28)29)8-7-19(26)17-9-15(25)10-18-22(17)31-12-20(27)24-18/h3-6,9-10,19,25-26H,7-8,11-13H2,1-2H3,(H,24,27)(H,28,29). The predicted octanol–water partition coefficient (Wildman–Crippen LogP) is 3.27. The number of anilines is 1. The first-order chi connectivity index (χ1) is 14.6. The highest BCUT2D eigenvalue weighted by atomic mass is 16.5. The van der Waals surface area contributed by atoms with Crippen molar-refractivity contribution in [1.82, 2.24) is 0 Å². The zero-order valence-electron chi connectivity index (χ0n) is 17.6. The van der Waals surface area contributed by atoms with E-state index in [0.29, 0.717) is 35.6 Å². The van der Waals surface area contributed by atoms with E-state index >= 15 is 0 Å². The molecule has 1 atom stereocenters. The summed E-state index contributed by atoms with van der Waals surface area (Å²) < 4.78 is 10.6. The summed E-state index contributed by atoms with van der Waals surface area (Å²) in [4.78, 5) is 22.1. The van der Waals surface area contributed by atoms with Crippen molar-refractivity contribution < 1.29 is 34.4 Å². The number of aliphatic hydroxyl groups is 1. The van der Waals surface area contributed by atoms with Crippen LogP contribution in [0.4, 0.5) is 5.69 Å². The van der Waals surface area contributed by atoms with Gasteiger partial charge < -0.3 is 30.1 Å². The Balaban J connectivity index is 1.61. The van der Waals surface area contributed by atoms with Gasteiger partial charge in [-0.15, -0.1) is 0 Å². The topological polar surface area (TPSA) is 125 Å². The normalized spacial score (nSPS) is 14.2. The average Bonchev–Trinajstić information content (AvgIpc) is 2.70. The third-order valence-corrected chi connectivity index (χ3v) is 5.15. The fourth-order valence-electron chi connectivity index (χ4n) is 3.63. The number of amides is 1. The summed E-state index contributed by atoms with van der Waals surface area (Å²) in [5.74, 6) is -0.494. The number of carbonyl (C=O) groups excluding carboxylic acids is 1. The van der Waals surface area contributed by atoms with Crippen LogP contribution in [0.2, 0.25) is 0 Å². The molecule has 0 bridgehead atoms. The fraction of sp³-hybridized carbons (Fsp3) is 0.391. The molecule has 4 N–H and O–H groups in total. The van der Waals surface area contributed by atoms with Crippen LogP contribution in [0.5, 0.6) is 17.2 Å². The van der Waals surface area contributed by atoms with Crippen LogP contribution < -0.4 is 14.8 Å². The van der Waals surface area contributed by atoms with Gasteiger partial charge in [0.05, 0.1) is 11.8 Å². The maximum Gasteiger partial charge on any atom is 0.341 e. The van der Waals surface area contributed by atoms with Crippen molar-refractivity contribution in [3.05, 3.63) is 47.5 Å². The maximum atomic E-state index is 11.5. The van der Waals surface area contributed by atoms with E-state index in [4.69, 9.17) is 14.6 Å². The van der Waals surface area contributed by atoms with Crippen molar-refractivity contribution >= 4 is 17.6 Å². The first-order valence-electron chi connectivity index (χ1n) is 10.0. The first-order valence-corrected chi connectivity index (χ1v) is 10.0. The van der Waals surface area contributed by atoms with E-state index in [1.54, 1.807) is 12.1 Å². The van der Waals surface area contributed by atoms with E-state index in [-0.39, 0.29) is 30.3 Å². The van der Waals surface area contributed by atoms with Crippen molar-refractivity contribution in [3.63, 3.8) is 0 Å². The van der Waals surface area contributed by atoms with Crippen molar-refractivity contribution in [3.8, 4) is 17.2 Å². The number of ether oxygens (including phenoxy) is 2. The summed E-state index contributed by atoms with van der Waals surface area (Å²) in [6.07, 6.45) is 1.04. The van der Waals surface area contributed by atoms with Crippen LogP contribution >= 0.6 is 0 Å². The number of benzene rings is 2. The lowest BCUT2D eigenvalue weighted by molar-refractivity contribution is -0.139. The van der Waals surface area contributed by atoms with E-state index in [1.807, 2.05) is 12.1 Å². The lowest BCUT2D eigenvalue weighted by Gasteiger charge is -2.28. The summed E-state index contributed by atoms with van der Waals surface area (Å²) in [5, 5.41) is 32.0. The molecule has 0 aromatic heterocycles. The molecule has 8 heteroatoms. The highest BCUT2D eigenvalue weighted by Crippen LogP contribution is 2.41. The molecular formula is C23H27NO7. The minimum Gasteiger partial charge on any atom is -0.508 e. The lowest BCUT2D eigenvalue weighted by atomic mass is 9.80. The molecule has 8 nitrogen and oxygen atoms in total. The number of aliphatic hydroxyl groups excluding tert-OH is 1. The molecule has 166 valence electrons. The minimum atomic E-state index is -1.02. The van der Waals surface area contributed by atoms with Crippen molar-refractivity contribution in [2.24, 2.45) is 5.41 Å². The molecule has 0 spiro atoms. The van der Waals surface area contributed by atoms with Gasteiger partial charge in [0.15, 0.2) is 13.2 Å². The second kappa shape index (κ2) is 9.26. The van der Waals surface area contributed by atoms with E-state index in [1.165, 1.54) is 12.1 Å². The molecule has 0 aliphatic carbocycles. The van der Waals surface area contributed by atoms with Gasteiger partial charge in [-0.05, 0) is 48.4 Å². The van der Waals surface area contributed by atoms with E-state index in [2.05, 4.69) is 19.2 Å². The molecule has 31 heavy (non-hydrogen) atoms. The Hall–Kier alpha value is -3.26. The van der Waals surface area contributed by atoms with Crippen LogP contribution in [0.15, 0.2) is 36.4 Å². The number of carboxylic acid groups (broad SMARTS) is 1. The van der Waals surface area contributed by atoms with Crippen LogP contribution in [-0.2, 0) is 16.0 Å². The number of carboxylic acids is 1. The number of carbonyl (C=O) groups is 2. The van der Waals surface area contributed by atoms with Crippen LogP contribution in [0.1, 0.15) is 43.9 Å². The highest BCUT2D eigenvalue weighted by molar-refractivity contribution is 5.96. The van der Waals surface area contributed by atoms with E-state index < -0.39 is 12.1 Å². The van der Waals surface area contributed by atoms with Gasteiger partial charge in [0, 0.05) is 11.6 Å². The first kappa shape index (κ1) is 22.4. The summed E-state index contributed by atoms with van der Waals surface area (Å²) in [6.45, 7) is 3.69. The number of fused-ring (bicyclic) bond motifs is 1. The van der Waals surface area contributed by atoms with Gasteiger partial charge >= 0.3 is 5.97 Å². The molecule has 0 saturated heterocycles. The Labute approximate surface area is 180 Å². The molecule has 1 heterocycles. The Morgan fingerprint density at radius 1 is 1.26 bits per heavy atom. The van der Waals surface area contributed by atoms with E-state index in [0.717, 1.165) is 12.0 Å².